The second-order valence-electron chi connectivity index (χ2n) is 7.83. The molecule has 1 heterocycles. The first-order valence-electron chi connectivity index (χ1n) is 10.0. The van der Waals surface area contributed by atoms with E-state index in [1.165, 1.54) is 16.7 Å². The van der Waals surface area contributed by atoms with Gasteiger partial charge in [0.2, 0.25) is 5.91 Å². The maximum atomic E-state index is 12.8. The lowest BCUT2D eigenvalue weighted by molar-refractivity contribution is -0.127. The number of hydrogen-bond donors (Lipinski definition) is 1. The monoisotopic (exact) mass is 382 g/mol. The lowest BCUT2D eigenvalue weighted by Crippen LogP contribution is -2.41. The second kappa shape index (κ2) is 8.45. The van der Waals surface area contributed by atoms with Crippen molar-refractivity contribution in [2.45, 2.75) is 44.7 Å². The average Bonchev–Trinajstić information content (AvgIpc) is 2.70. The van der Waals surface area contributed by atoms with Crippen molar-refractivity contribution < 1.29 is 4.79 Å². The van der Waals surface area contributed by atoms with Crippen LogP contribution < -0.4 is 5.32 Å². The number of piperidine rings is 1. The number of benzene rings is 2. The molecule has 3 nitrogen and oxygen atoms in total. The third-order valence-corrected chi connectivity index (χ3v) is 6.22. The van der Waals surface area contributed by atoms with Crippen molar-refractivity contribution >= 4 is 17.5 Å². The molecule has 1 aliphatic heterocycles. The molecule has 1 aliphatic carbocycles. The van der Waals surface area contributed by atoms with E-state index in [9.17, 15) is 4.79 Å². The molecule has 27 heavy (non-hydrogen) atoms. The van der Waals surface area contributed by atoms with Gasteiger partial charge in [-0.15, -0.1) is 0 Å². The van der Waals surface area contributed by atoms with Crippen LogP contribution in [0.3, 0.4) is 0 Å². The average molecular weight is 383 g/mol. The van der Waals surface area contributed by atoms with E-state index in [4.69, 9.17) is 11.6 Å². The maximum Gasteiger partial charge on any atom is 0.223 e. The number of halogens is 1. The van der Waals surface area contributed by atoms with Crippen molar-refractivity contribution in [1.82, 2.24) is 10.2 Å². The fraction of sp³-hybridized carbons (Fsp3) is 0.435. The van der Waals surface area contributed by atoms with E-state index in [2.05, 4.69) is 46.6 Å². The summed E-state index contributed by atoms with van der Waals surface area (Å²) in [6, 6.07) is 16.8. The highest BCUT2D eigenvalue weighted by Crippen LogP contribution is 2.30. The first-order valence-corrected chi connectivity index (χ1v) is 10.4. The number of nitrogens with zero attached hydrogens (tertiary/aromatic N) is 1. The number of carbonyl (C=O) groups is 1. The molecule has 2 aliphatic rings. The van der Waals surface area contributed by atoms with Gasteiger partial charge in [0.05, 0.1) is 6.04 Å². The molecule has 1 amide bonds. The molecule has 0 saturated carbocycles. The van der Waals surface area contributed by atoms with Crippen molar-refractivity contribution in [3.8, 4) is 0 Å². The summed E-state index contributed by atoms with van der Waals surface area (Å²) in [6.07, 6.45) is 5.22. The van der Waals surface area contributed by atoms with Crippen LogP contribution in [0.25, 0.3) is 0 Å². The molecule has 4 rings (SSSR count). The first kappa shape index (κ1) is 18.5. The molecule has 1 fully saturated rings. The minimum atomic E-state index is 0.139. The van der Waals surface area contributed by atoms with Crippen LogP contribution in [0.2, 0.25) is 5.02 Å². The smallest absolute Gasteiger partial charge is 0.223 e. The molecule has 0 aromatic heterocycles. The summed E-state index contributed by atoms with van der Waals surface area (Å²) >= 11 is 5.96. The molecular weight excluding hydrogens is 356 g/mol. The fourth-order valence-electron chi connectivity index (χ4n) is 4.39. The summed E-state index contributed by atoms with van der Waals surface area (Å²) < 4.78 is 0. The third-order valence-electron chi connectivity index (χ3n) is 5.96. The summed E-state index contributed by atoms with van der Waals surface area (Å²) in [5.41, 5.74) is 3.99. The number of nitrogens with one attached hydrogen (secondary N) is 1. The van der Waals surface area contributed by atoms with Gasteiger partial charge in [-0.1, -0.05) is 48.0 Å². The normalized spacial score (nSPS) is 20.9. The Balaban J connectivity index is 1.30. The second-order valence-corrected chi connectivity index (χ2v) is 8.27. The summed E-state index contributed by atoms with van der Waals surface area (Å²) in [6.45, 7) is 2.88. The van der Waals surface area contributed by atoms with E-state index >= 15 is 0 Å². The molecular formula is C23H27ClN2O. The Labute approximate surface area is 166 Å². The number of rotatable bonds is 4. The highest BCUT2D eigenvalue weighted by atomic mass is 35.5. The van der Waals surface area contributed by atoms with E-state index in [1.807, 2.05) is 12.1 Å². The van der Waals surface area contributed by atoms with Crippen LogP contribution in [0.1, 0.15) is 48.4 Å². The molecule has 142 valence electrons. The Morgan fingerprint density at radius 2 is 1.78 bits per heavy atom. The van der Waals surface area contributed by atoms with Crippen molar-refractivity contribution in [2.24, 2.45) is 5.92 Å². The van der Waals surface area contributed by atoms with Crippen LogP contribution in [-0.2, 0) is 17.8 Å². The highest BCUT2D eigenvalue weighted by Gasteiger charge is 2.28. The summed E-state index contributed by atoms with van der Waals surface area (Å²) in [5.74, 6) is 0.378. The van der Waals surface area contributed by atoms with E-state index < -0.39 is 0 Å². The number of carbonyl (C=O) groups excluding carboxylic acids is 1. The van der Waals surface area contributed by atoms with Crippen LogP contribution >= 0.6 is 11.6 Å². The predicted molar refractivity (Wildman–Crippen MR) is 110 cm³/mol. The first-order chi connectivity index (χ1) is 13.2. The molecule has 0 radical (unpaired) electrons. The van der Waals surface area contributed by atoms with Crippen LogP contribution in [0, 0.1) is 5.92 Å². The number of fused-ring (bicyclic) bond motifs is 1. The zero-order chi connectivity index (χ0) is 18.6. The summed E-state index contributed by atoms with van der Waals surface area (Å²) in [5, 5.41) is 4.12. The Kier molecular flexibility index (Phi) is 5.80. The Morgan fingerprint density at radius 3 is 2.56 bits per heavy atom. The molecule has 4 heteroatoms. The van der Waals surface area contributed by atoms with E-state index in [0.717, 1.165) is 56.8 Å². The Morgan fingerprint density at radius 1 is 1.04 bits per heavy atom. The van der Waals surface area contributed by atoms with E-state index in [-0.39, 0.29) is 17.9 Å². The molecule has 1 unspecified atom stereocenters. The Bertz CT molecular complexity index is 781. The van der Waals surface area contributed by atoms with Gasteiger partial charge in [0, 0.05) is 17.5 Å². The number of hydrogen-bond acceptors (Lipinski definition) is 2. The number of aryl methyl sites for hydroxylation is 1. The lowest BCUT2D eigenvalue weighted by Gasteiger charge is -2.33. The molecule has 1 atom stereocenters. The zero-order valence-corrected chi connectivity index (χ0v) is 16.4. The largest absolute Gasteiger partial charge is 0.349 e. The van der Waals surface area contributed by atoms with Crippen molar-refractivity contribution in [3.05, 3.63) is 70.2 Å². The Hall–Kier alpha value is -1.84. The zero-order valence-electron chi connectivity index (χ0n) is 15.7. The summed E-state index contributed by atoms with van der Waals surface area (Å²) in [4.78, 5) is 15.3. The van der Waals surface area contributed by atoms with Crippen molar-refractivity contribution in [3.63, 3.8) is 0 Å². The molecule has 0 spiro atoms. The minimum Gasteiger partial charge on any atom is -0.349 e. The quantitative estimate of drug-likeness (QED) is 0.827. The van der Waals surface area contributed by atoms with Gasteiger partial charge < -0.3 is 5.32 Å². The SMILES string of the molecule is O=C(NC1CCCc2ccccc21)C1CCN(Cc2ccc(Cl)cc2)CC1. The molecule has 2 aromatic carbocycles. The van der Waals surface area contributed by atoms with Gasteiger partial charge in [0.15, 0.2) is 0 Å². The maximum absolute atomic E-state index is 12.8. The predicted octanol–water partition coefficient (Wildman–Crippen LogP) is 4.75. The van der Waals surface area contributed by atoms with Gasteiger partial charge in [0.1, 0.15) is 0 Å². The van der Waals surface area contributed by atoms with E-state index in [1.54, 1.807) is 0 Å². The van der Waals surface area contributed by atoms with Gasteiger partial charge in [0.25, 0.3) is 0 Å². The highest BCUT2D eigenvalue weighted by molar-refractivity contribution is 6.30. The van der Waals surface area contributed by atoms with Crippen LogP contribution in [-0.4, -0.2) is 23.9 Å². The fourth-order valence-corrected chi connectivity index (χ4v) is 4.52. The number of likely N-dealkylation sites (tertiary alicyclic amines) is 1. The van der Waals surface area contributed by atoms with Crippen molar-refractivity contribution in [2.75, 3.05) is 13.1 Å². The minimum absolute atomic E-state index is 0.139. The van der Waals surface area contributed by atoms with Gasteiger partial charge in [-0.05, 0) is 74.0 Å². The van der Waals surface area contributed by atoms with Crippen LogP contribution in [0.5, 0.6) is 0 Å². The summed E-state index contributed by atoms with van der Waals surface area (Å²) in [7, 11) is 0. The third kappa shape index (κ3) is 4.53. The van der Waals surface area contributed by atoms with Crippen LogP contribution in [0.15, 0.2) is 48.5 Å². The lowest BCUT2D eigenvalue weighted by atomic mass is 9.87. The molecule has 2 aromatic rings. The van der Waals surface area contributed by atoms with E-state index in [0.29, 0.717) is 0 Å². The van der Waals surface area contributed by atoms with Crippen LogP contribution in [0.4, 0.5) is 0 Å². The van der Waals surface area contributed by atoms with Crippen molar-refractivity contribution in [1.29, 1.82) is 0 Å². The van der Waals surface area contributed by atoms with Gasteiger partial charge in [-0.2, -0.15) is 0 Å². The molecule has 1 saturated heterocycles. The standard InChI is InChI=1S/C23H27ClN2O/c24-20-10-8-17(9-11-20)16-26-14-12-19(13-15-26)23(27)25-22-7-3-5-18-4-1-2-6-21(18)22/h1-2,4,6,8-11,19,22H,3,5,7,12-16H2,(H,25,27). The van der Waals surface area contributed by atoms with Gasteiger partial charge >= 0.3 is 0 Å². The molecule has 0 bridgehead atoms. The van der Waals surface area contributed by atoms with Gasteiger partial charge in [-0.3, -0.25) is 9.69 Å². The molecule has 1 N–H and O–H groups in total. The topological polar surface area (TPSA) is 32.3 Å². The number of amides is 1. The van der Waals surface area contributed by atoms with Gasteiger partial charge in [-0.25, -0.2) is 0 Å².